The standard InChI is InChI=1S/C17H21NO2S/c1-12-9-14(20-16(12)10-18-13-7-8-13)11-19-15-5-3-4-6-17(15)21-2/h3-6,9,13,18H,7-8,10-11H2,1-2H3. The van der Waals surface area contributed by atoms with Gasteiger partial charge >= 0.3 is 0 Å². The minimum Gasteiger partial charge on any atom is -0.484 e. The first kappa shape index (κ1) is 14.5. The van der Waals surface area contributed by atoms with Crippen LogP contribution in [0.3, 0.4) is 0 Å². The summed E-state index contributed by atoms with van der Waals surface area (Å²) in [5.41, 5.74) is 1.19. The molecule has 0 radical (unpaired) electrons. The molecule has 0 unspecified atom stereocenters. The third kappa shape index (κ3) is 3.83. The van der Waals surface area contributed by atoms with Crippen LogP contribution in [0.5, 0.6) is 5.75 Å². The number of hydrogen-bond donors (Lipinski definition) is 1. The van der Waals surface area contributed by atoms with Crippen molar-refractivity contribution in [3.63, 3.8) is 0 Å². The van der Waals surface area contributed by atoms with E-state index in [2.05, 4.69) is 30.6 Å². The molecule has 0 saturated heterocycles. The van der Waals surface area contributed by atoms with Crippen LogP contribution in [0.2, 0.25) is 0 Å². The zero-order valence-electron chi connectivity index (χ0n) is 12.5. The van der Waals surface area contributed by atoms with Gasteiger partial charge in [-0.3, -0.25) is 0 Å². The zero-order valence-corrected chi connectivity index (χ0v) is 13.3. The summed E-state index contributed by atoms with van der Waals surface area (Å²) in [6, 6.07) is 10.9. The molecule has 1 aliphatic rings. The molecule has 0 spiro atoms. The summed E-state index contributed by atoms with van der Waals surface area (Å²) >= 11 is 1.69. The lowest BCUT2D eigenvalue weighted by Crippen LogP contribution is -2.15. The number of hydrogen-bond acceptors (Lipinski definition) is 4. The molecule has 3 rings (SSSR count). The Labute approximate surface area is 130 Å². The molecule has 3 nitrogen and oxygen atoms in total. The third-order valence-corrected chi connectivity index (χ3v) is 4.42. The van der Waals surface area contributed by atoms with Crippen molar-refractivity contribution in [2.24, 2.45) is 0 Å². The maximum atomic E-state index is 5.89. The molecule has 1 aliphatic carbocycles. The minimum absolute atomic E-state index is 0.474. The summed E-state index contributed by atoms with van der Waals surface area (Å²) in [4.78, 5) is 1.15. The van der Waals surface area contributed by atoms with Crippen molar-refractivity contribution in [1.82, 2.24) is 5.32 Å². The summed E-state index contributed by atoms with van der Waals surface area (Å²) in [6.45, 7) is 3.38. The number of furan rings is 1. The van der Waals surface area contributed by atoms with E-state index in [1.165, 1.54) is 18.4 Å². The quantitative estimate of drug-likeness (QED) is 0.780. The molecule has 2 aromatic rings. The molecular weight excluding hydrogens is 282 g/mol. The summed E-state index contributed by atoms with van der Waals surface area (Å²) in [7, 11) is 0. The van der Waals surface area contributed by atoms with Crippen LogP contribution in [0.4, 0.5) is 0 Å². The topological polar surface area (TPSA) is 34.4 Å². The molecule has 1 N–H and O–H groups in total. The lowest BCUT2D eigenvalue weighted by molar-refractivity contribution is 0.259. The second-order valence-electron chi connectivity index (χ2n) is 5.41. The third-order valence-electron chi connectivity index (χ3n) is 3.64. The number of aryl methyl sites for hydroxylation is 1. The van der Waals surface area contributed by atoms with Crippen molar-refractivity contribution >= 4 is 11.8 Å². The molecule has 1 aromatic heterocycles. The number of nitrogens with one attached hydrogen (secondary N) is 1. The normalized spacial score (nSPS) is 14.4. The lowest BCUT2D eigenvalue weighted by atomic mass is 10.2. The molecule has 0 amide bonds. The first-order chi connectivity index (χ1) is 10.3. The second-order valence-corrected chi connectivity index (χ2v) is 6.26. The van der Waals surface area contributed by atoms with Crippen LogP contribution in [0.15, 0.2) is 39.6 Å². The fraction of sp³-hybridized carbons (Fsp3) is 0.412. The summed E-state index contributed by atoms with van der Waals surface area (Å²) in [5, 5.41) is 3.48. The number of para-hydroxylation sites is 1. The highest BCUT2D eigenvalue weighted by Gasteiger charge is 2.21. The van der Waals surface area contributed by atoms with Crippen molar-refractivity contribution in [2.75, 3.05) is 6.26 Å². The van der Waals surface area contributed by atoms with Gasteiger partial charge in [-0.05, 0) is 49.8 Å². The molecule has 112 valence electrons. The van der Waals surface area contributed by atoms with Crippen molar-refractivity contribution in [3.8, 4) is 5.75 Å². The van der Waals surface area contributed by atoms with Gasteiger partial charge < -0.3 is 14.5 Å². The Morgan fingerprint density at radius 2 is 2.14 bits per heavy atom. The predicted octanol–water partition coefficient (Wildman–Crippen LogP) is 4.14. The predicted molar refractivity (Wildman–Crippen MR) is 85.9 cm³/mol. The zero-order chi connectivity index (χ0) is 14.7. The number of rotatable bonds is 7. The van der Waals surface area contributed by atoms with Gasteiger partial charge in [-0.2, -0.15) is 0 Å². The van der Waals surface area contributed by atoms with E-state index in [-0.39, 0.29) is 0 Å². The fourth-order valence-electron chi connectivity index (χ4n) is 2.25. The summed E-state index contributed by atoms with van der Waals surface area (Å²) in [5.74, 6) is 2.83. The molecule has 1 saturated carbocycles. The van der Waals surface area contributed by atoms with Gasteiger partial charge in [0.15, 0.2) is 0 Å². The molecule has 21 heavy (non-hydrogen) atoms. The monoisotopic (exact) mass is 303 g/mol. The fourth-order valence-corrected chi connectivity index (χ4v) is 2.79. The number of thioether (sulfide) groups is 1. The smallest absolute Gasteiger partial charge is 0.146 e. The highest BCUT2D eigenvalue weighted by atomic mass is 32.2. The van der Waals surface area contributed by atoms with Gasteiger partial charge in [0.2, 0.25) is 0 Å². The van der Waals surface area contributed by atoms with Crippen molar-refractivity contribution in [2.45, 2.75) is 43.9 Å². The Hall–Kier alpha value is -1.39. The van der Waals surface area contributed by atoms with Gasteiger partial charge in [-0.25, -0.2) is 0 Å². The Bertz CT molecular complexity index is 605. The maximum absolute atomic E-state index is 5.89. The first-order valence-corrected chi connectivity index (χ1v) is 8.56. The SMILES string of the molecule is CSc1ccccc1OCc1cc(C)c(CNC2CC2)o1. The van der Waals surface area contributed by atoms with E-state index in [0.717, 1.165) is 28.7 Å². The van der Waals surface area contributed by atoms with E-state index in [1.807, 2.05) is 18.2 Å². The Kier molecular flexibility index (Phi) is 4.56. The molecule has 1 heterocycles. The molecule has 1 fully saturated rings. The van der Waals surface area contributed by atoms with Gasteiger partial charge in [0, 0.05) is 10.9 Å². The molecule has 0 aliphatic heterocycles. The van der Waals surface area contributed by atoms with E-state index in [4.69, 9.17) is 9.15 Å². The van der Waals surface area contributed by atoms with Crippen molar-refractivity contribution < 1.29 is 9.15 Å². The second kappa shape index (κ2) is 6.58. The van der Waals surface area contributed by atoms with E-state index in [0.29, 0.717) is 12.6 Å². The van der Waals surface area contributed by atoms with E-state index in [1.54, 1.807) is 11.8 Å². The molecular formula is C17H21NO2S. The van der Waals surface area contributed by atoms with Gasteiger partial charge in [0.05, 0.1) is 6.54 Å². The van der Waals surface area contributed by atoms with Gasteiger partial charge in [-0.1, -0.05) is 12.1 Å². The van der Waals surface area contributed by atoms with Crippen LogP contribution in [-0.4, -0.2) is 12.3 Å². The van der Waals surface area contributed by atoms with Gasteiger partial charge in [0.25, 0.3) is 0 Å². The van der Waals surface area contributed by atoms with Gasteiger partial charge in [-0.15, -0.1) is 11.8 Å². The molecule has 0 bridgehead atoms. The number of ether oxygens (including phenoxy) is 1. The highest BCUT2D eigenvalue weighted by molar-refractivity contribution is 7.98. The Balaban J connectivity index is 1.60. The van der Waals surface area contributed by atoms with Crippen molar-refractivity contribution in [1.29, 1.82) is 0 Å². The Morgan fingerprint density at radius 1 is 1.33 bits per heavy atom. The largest absolute Gasteiger partial charge is 0.484 e. The Morgan fingerprint density at radius 3 is 2.90 bits per heavy atom. The minimum atomic E-state index is 0.474. The average Bonchev–Trinajstić information content (AvgIpc) is 3.27. The van der Waals surface area contributed by atoms with E-state index in [9.17, 15) is 0 Å². The molecule has 4 heteroatoms. The molecule has 0 atom stereocenters. The van der Waals surface area contributed by atoms with Crippen LogP contribution in [0.25, 0.3) is 0 Å². The van der Waals surface area contributed by atoms with Crippen LogP contribution >= 0.6 is 11.8 Å². The lowest BCUT2D eigenvalue weighted by Gasteiger charge is -2.08. The number of benzene rings is 1. The van der Waals surface area contributed by atoms with E-state index < -0.39 is 0 Å². The summed E-state index contributed by atoms with van der Waals surface area (Å²) < 4.78 is 11.8. The van der Waals surface area contributed by atoms with Gasteiger partial charge in [0.1, 0.15) is 23.9 Å². The van der Waals surface area contributed by atoms with Crippen LogP contribution < -0.4 is 10.1 Å². The van der Waals surface area contributed by atoms with Crippen LogP contribution in [0.1, 0.15) is 29.9 Å². The van der Waals surface area contributed by atoms with Crippen LogP contribution in [-0.2, 0) is 13.2 Å². The van der Waals surface area contributed by atoms with Crippen LogP contribution in [0, 0.1) is 6.92 Å². The first-order valence-electron chi connectivity index (χ1n) is 7.33. The average molecular weight is 303 g/mol. The maximum Gasteiger partial charge on any atom is 0.146 e. The van der Waals surface area contributed by atoms with Crippen molar-refractivity contribution in [3.05, 3.63) is 47.4 Å². The summed E-state index contributed by atoms with van der Waals surface area (Å²) in [6.07, 6.45) is 4.64. The molecule has 1 aromatic carbocycles. The highest BCUT2D eigenvalue weighted by Crippen LogP contribution is 2.28. The van der Waals surface area contributed by atoms with E-state index >= 15 is 0 Å².